The Labute approximate surface area is 109 Å². The molecule has 1 aromatic heterocycles. The zero-order chi connectivity index (χ0) is 12.6. The van der Waals surface area contributed by atoms with Crippen molar-refractivity contribution in [2.75, 3.05) is 13.1 Å². The van der Waals surface area contributed by atoms with Crippen molar-refractivity contribution in [1.29, 1.82) is 0 Å². The second kappa shape index (κ2) is 4.62. The summed E-state index contributed by atoms with van der Waals surface area (Å²) in [6.07, 6.45) is 2.60. The Kier molecular flexibility index (Phi) is 3.50. The van der Waals surface area contributed by atoms with Gasteiger partial charge < -0.3 is 0 Å². The summed E-state index contributed by atoms with van der Waals surface area (Å²) in [7, 11) is 1.90. The second-order valence-corrected chi connectivity index (χ2v) is 6.31. The summed E-state index contributed by atoms with van der Waals surface area (Å²) in [5.74, 6) is 0. The summed E-state index contributed by atoms with van der Waals surface area (Å²) in [4.78, 5) is 2.50. The Morgan fingerprint density at radius 3 is 2.65 bits per heavy atom. The first kappa shape index (κ1) is 12.9. The highest BCUT2D eigenvalue weighted by molar-refractivity contribution is 6.30. The van der Waals surface area contributed by atoms with Crippen molar-refractivity contribution in [1.82, 2.24) is 14.7 Å². The number of hydrogen-bond acceptors (Lipinski definition) is 2. The molecule has 17 heavy (non-hydrogen) atoms. The SMILES string of the molecule is Cc1nn(C)c(Cl)c1CN1CCCC(C)(C)C1. The third-order valence-corrected chi connectivity index (χ3v) is 4.10. The van der Waals surface area contributed by atoms with Gasteiger partial charge in [0, 0.05) is 25.7 Å². The summed E-state index contributed by atoms with van der Waals surface area (Å²) in [6.45, 7) is 9.98. The van der Waals surface area contributed by atoms with Gasteiger partial charge >= 0.3 is 0 Å². The van der Waals surface area contributed by atoms with Crippen LogP contribution in [0.25, 0.3) is 0 Å². The van der Waals surface area contributed by atoms with Gasteiger partial charge in [-0.15, -0.1) is 0 Å². The summed E-state index contributed by atoms with van der Waals surface area (Å²) in [5.41, 5.74) is 2.67. The number of likely N-dealkylation sites (tertiary alicyclic amines) is 1. The molecule has 0 saturated carbocycles. The number of hydrogen-bond donors (Lipinski definition) is 0. The molecule has 1 fully saturated rings. The molecule has 4 heteroatoms. The number of nitrogens with zero attached hydrogens (tertiary/aromatic N) is 3. The predicted molar refractivity (Wildman–Crippen MR) is 71.2 cm³/mol. The average molecular weight is 256 g/mol. The Morgan fingerprint density at radius 2 is 2.12 bits per heavy atom. The molecule has 0 amide bonds. The molecule has 96 valence electrons. The first-order valence-corrected chi connectivity index (χ1v) is 6.67. The minimum atomic E-state index is 0.431. The number of aromatic nitrogens is 2. The molecule has 1 aliphatic heterocycles. The highest BCUT2D eigenvalue weighted by Gasteiger charge is 2.27. The largest absolute Gasteiger partial charge is 0.298 e. The maximum Gasteiger partial charge on any atom is 0.131 e. The molecule has 2 heterocycles. The quantitative estimate of drug-likeness (QED) is 0.810. The van der Waals surface area contributed by atoms with Crippen LogP contribution in [-0.4, -0.2) is 27.8 Å². The molecule has 0 aliphatic carbocycles. The van der Waals surface area contributed by atoms with Crippen molar-refractivity contribution in [3.63, 3.8) is 0 Å². The topological polar surface area (TPSA) is 21.1 Å². The van der Waals surface area contributed by atoms with Gasteiger partial charge in [-0.2, -0.15) is 5.10 Å². The lowest BCUT2D eigenvalue weighted by Crippen LogP contribution is -2.39. The minimum absolute atomic E-state index is 0.431. The highest BCUT2D eigenvalue weighted by Crippen LogP contribution is 2.30. The lowest BCUT2D eigenvalue weighted by molar-refractivity contribution is 0.111. The van der Waals surface area contributed by atoms with Gasteiger partial charge in [0.25, 0.3) is 0 Å². The van der Waals surface area contributed by atoms with E-state index in [9.17, 15) is 0 Å². The number of rotatable bonds is 2. The van der Waals surface area contributed by atoms with E-state index < -0.39 is 0 Å². The molecule has 0 radical (unpaired) electrons. The molecule has 0 atom stereocenters. The third-order valence-electron chi connectivity index (χ3n) is 3.63. The smallest absolute Gasteiger partial charge is 0.131 e. The summed E-state index contributed by atoms with van der Waals surface area (Å²) < 4.78 is 1.77. The van der Waals surface area contributed by atoms with E-state index in [1.165, 1.54) is 24.9 Å². The summed E-state index contributed by atoms with van der Waals surface area (Å²) >= 11 is 6.28. The molecule has 1 aliphatic rings. The lowest BCUT2D eigenvalue weighted by Gasteiger charge is -2.38. The van der Waals surface area contributed by atoms with Crippen LogP contribution in [0.2, 0.25) is 5.15 Å². The van der Waals surface area contributed by atoms with E-state index in [-0.39, 0.29) is 0 Å². The molecule has 1 aromatic rings. The van der Waals surface area contributed by atoms with E-state index in [4.69, 9.17) is 11.6 Å². The van der Waals surface area contributed by atoms with Gasteiger partial charge in [-0.25, -0.2) is 0 Å². The maximum atomic E-state index is 6.28. The zero-order valence-corrected chi connectivity index (χ0v) is 12.0. The van der Waals surface area contributed by atoms with E-state index >= 15 is 0 Å². The molecule has 3 nitrogen and oxygen atoms in total. The van der Waals surface area contributed by atoms with Crippen molar-refractivity contribution in [3.05, 3.63) is 16.4 Å². The lowest BCUT2D eigenvalue weighted by atomic mass is 9.84. The van der Waals surface area contributed by atoms with Crippen molar-refractivity contribution >= 4 is 11.6 Å². The highest BCUT2D eigenvalue weighted by atomic mass is 35.5. The van der Waals surface area contributed by atoms with E-state index in [1.807, 2.05) is 14.0 Å². The maximum absolute atomic E-state index is 6.28. The van der Waals surface area contributed by atoms with E-state index in [0.717, 1.165) is 23.9 Å². The van der Waals surface area contributed by atoms with Crippen LogP contribution < -0.4 is 0 Å². The van der Waals surface area contributed by atoms with Gasteiger partial charge in [0.15, 0.2) is 0 Å². The number of aryl methyl sites for hydroxylation is 2. The Hall–Kier alpha value is -0.540. The van der Waals surface area contributed by atoms with E-state index in [1.54, 1.807) is 4.68 Å². The zero-order valence-electron chi connectivity index (χ0n) is 11.3. The molecular formula is C13H22ClN3. The molecular weight excluding hydrogens is 234 g/mol. The fraction of sp³-hybridized carbons (Fsp3) is 0.769. The Morgan fingerprint density at radius 1 is 1.41 bits per heavy atom. The van der Waals surface area contributed by atoms with Gasteiger partial charge in [-0.1, -0.05) is 25.4 Å². The fourth-order valence-corrected chi connectivity index (χ4v) is 2.99. The summed E-state index contributed by atoms with van der Waals surface area (Å²) in [6, 6.07) is 0. The third kappa shape index (κ3) is 2.83. The molecule has 0 unspecified atom stereocenters. The molecule has 1 saturated heterocycles. The average Bonchev–Trinajstić information content (AvgIpc) is 2.44. The van der Waals surface area contributed by atoms with Crippen LogP contribution in [0.5, 0.6) is 0 Å². The standard InChI is InChI=1S/C13H22ClN3/c1-10-11(12(14)16(4)15-10)8-17-7-5-6-13(2,3)9-17/h5-9H2,1-4H3. The van der Waals surface area contributed by atoms with Crippen LogP contribution >= 0.6 is 11.6 Å². The van der Waals surface area contributed by atoms with Crippen LogP contribution in [0.15, 0.2) is 0 Å². The molecule has 2 rings (SSSR count). The van der Waals surface area contributed by atoms with Crippen LogP contribution in [0, 0.1) is 12.3 Å². The van der Waals surface area contributed by atoms with Crippen molar-refractivity contribution in [2.24, 2.45) is 12.5 Å². The van der Waals surface area contributed by atoms with Crippen LogP contribution in [0.4, 0.5) is 0 Å². The molecule has 0 bridgehead atoms. The van der Waals surface area contributed by atoms with Crippen LogP contribution in [0.3, 0.4) is 0 Å². The van der Waals surface area contributed by atoms with Gasteiger partial charge in [0.05, 0.1) is 5.69 Å². The number of halogens is 1. The van der Waals surface area contributed by atoms with Crippen molar-refractivity contribution in [2.45, 2.75) is 40.2 Å². The molecule has 0 spiro atoms. The monoisotopic (exact) mass is 255 g/mol. The van der Waals surface area contributed by atoms with Crippen molar-refractivity contribution in [3.8, 4) is 0 Å². The number of piperidine rings is 1. The van der Waals surface area contributed by atoms with Crippen LogP contribution in [-0.2, 0) is 13.6 Å². The van der Waals surface area contributed by atoms with Gasteiger partial charge in [-0.3, -0.25) is 9.58 Å². The minimum Gasteiger partial charge on any atom is -0.298 e. The Balaban J connectivity index is 2.10. The second-order valence-electron chi connectivity index (χ2n) is 5.96. The normalized spacial score (nSPS) is 20.8. The fourth-order valence-electron chi connectivity index (χ4n) is 2.76. The molecule has 0 N–H and O–H groups in total. The first-order valence-electron chi connectivity index (χ1n) is 6.29. The van der Waals surface area contributed by atoms with E-state index in [0.29, 0.717) is 5.41 Å². The first-order chi connectivity index (χ1) is 7.89. The van der Waals surface area contributed by atoms with Gasteiger partial charge in [0.1, 0.15) is 5.15 Å². The van der Waals surface area contributed by atoms with Crippen LogP contribution in [0.1, 0.15) is 37.9 Å². The predicted octanol–water partition coefficient (Wildman–Crippen LogP) is 3.00. The van der Waals surface area contributed by atoms with Gasteiger partial charge in [0.2, 0.25) is 0 Å². The van der Waals surface area contributed by atoms with E-state index in [2.05, 4.69) is 23.8 Å². The molecule has 0 aromatic carbocycles. The Bertz CT molecular complexity index is 409. The van der Waals surface area contributed by atoms with Gasteiger partial charge in [-0.05, 0) is 31.7 Å². The summed E-state index contributed by atoms with van der Waals surface area (Å²) in [5, 5.41) is 5.15. The van der Waals surface area contributed by atoms with Crippen molar-refractivity contribution < 1.29 is 0 Å².